The van der Waals surface area contributed by atoms with Crippen LogP contribution in [0.15, 0.2) is 59.1 Å². The Bertz CT molecular complexity index is 1370. The van der Waals surface area contributed by atoms with Crippen molar-refractivity contribution < 1.29 is 4.79 Å². The summed E-state index contributed by atoms with van der Waals surface area (Å²) in [6, 6.07) is 19.7. The van der Waals surface area contributed by atoms with Crippen LogP contribution in [-0.4, -0.2) is 10.9 Å². The molecular weight excluding hydrogens is 482 g/mol. The lowest BCUT2D eigenvalue weighted by molar-refractivity contribution is 0.102. The lowest BCUT2D eigenvalue weighted by atomic mass is 10.0. The van der Waals surface area contributed by atoms with Crippen molar-refractivity contribution >= 4 is 49.1 Å². The highest BCUT2D eigenvalue weighted by molar-refractivity contribution is 9.10. The topological polar surface area (TPSA) is 65.8 Å². The van der Waals surface area contributed by atoms with Crippen molar-refractivity contribution in [3.8, 4) is 17.3 Å². The van der Waals surface area contributed by atoms with Crippen molar-refractivity contribution in [1.29, 1.82) is 5.26 Å². The molecule has 0 saturated carbocycles. The molecule has 4 aromatic rings. The summed E-state index contributed by atoms with van der Waals surface area (Å²) in [7, 11) is 0. The standard InChI is InChI=1S/C26H20BrN3OS/c27-17-12-10-16(11-13-17)23-14-20(18-6-4-5-8-22(18)29-23)25(31)30-26-21(15-28)19-7-2-1-3-9-24(19)32-26/h4-6,8,10-14H,1-3,7,9H2,(H,30,31). The minimum Gasteiger partial charge on any atom is -0.312 e. The van der Waals surface area contributed by atoms with Crippen LogP contribution < -0.4 is 5.32 Å². The van der Waals surface area contributed by atoms with E-state index in [9.17, 15) is 10.1 Å². The molecule has 2 aromatic carbocycles. The Labute approximate surface area is 199 Å². The van der Waals surface area contributed by atoms with E-state index in [0.29, 0.717) is 16.1 Å². The van der Waals surface area contributed by atoms with Gasteiger partial charge in [-0.15, -0.1) is 11.3 Å². The third-order valence-corrected chi connectivity index (χ3v) is 7.60. The molecule has 2 heterocycles. The molecule has 0 unspecified atom stereocenters. The van der Waals surface area contributed by atoms with Gasteiger partial charge in [0, 0.05) is 20.3 Å². The van der Waals surface area contributed by atoms with Gasteiger partial charge in [0.15, 0.2) is 0 Å². The molecule has 0 bridgehead atoms. The number of carbonyl (C=O) groups excluding carboxylic acids is 1. The predicted octanol–water partition coefficient (Wildman–Crippen LogP) is 7.12. The number of thiophene rings is 1. The maximum absolute atomic E-state index is 13.5. The number of fused-ring (bicyclic) bond motifs is 2. The molecule has 1 aliphatic rings. The smallest absolute Gasteiger partial charge is 0.257 e. The van der Waals surface area contributed by atoms with Gasteiger partial charge >= 0.3 is 0 Å². The van der Waals surface area contributed by atoms with Crippen LogP contribution in [0.4, 0.5) is 5.00 Å². The van der Waals surface area contributed by atoms with Crippen molar-refractivity contribution in [3.63, 3.8) is 0 Å². The number of benzene rings is 2. The fraction of sp³-hybridized carbons (Fsp3) is 0.192. The maximum Gasteiger partial charge on any atom is 0.257 e. The molecule has 4 nitrogen and oxygen atoms in total. The number of nitrogens with one attached hydrogen (secondary N) is 1. The van der Waals surface area contributed by atoms with E-state index in [-0.39, 0.29) is 5.91 Å². The molecule has 0 atom stereocenters. The summed E-state index contributed by atoms with van der Waals surface area (Å²) in [5.41, 5.74) is 4.76. The van der Waals surface area contributed by atoms with E-state index in [1.165, 1.54) is 11.3 Å². The molecule has 0 spiro atoms. The number of nitrogens with zero attached hydrogens (tertiary/aromatic N) is 2. The summed E-state index contributed by atoms with van der Waals surface area (Å²) in [5.74, 6) is -0.213. The van der Waals surface area contributed by atoms with E-state index in [2.05, 4.69) is 27.3 Å². The molecule has 0 fully saturated rings. The van der Waals surface area contributed by atoms with E-state index >= 15 is 0 Å². The molecule has 158 valence electrons. The second kappa shape index (κ2) is 8.85. The number of para-hydroxylation sites is 1. The molecule has 32 heavy (non-hydrogen) atoms. The number of nitriles is 1. The van der Waals surface area contributed by atoms with Gasteiger partial charge in [-0.05, 0) is 55.5 Å². The Balaban J connectivity index is 1.57. The second-order valence-corrected chi connectivity index (χ2v) is 9.93. The van der Waals surface area contributed by atoms with E-state index in [1.54, 1.807) is 11.3 Å². The van der Waals surface area contributed by atoms with Crippen LogP contribution in [0, 0.1) is 11.3 Å². The predicted molar refractivity (Wildman–Crippen MR) is 133 cm³/mol. The van der Waals surface area contributed by atoms with E-state index in [1.807, 2.05) is 54.6 Å². The average molecular weight is 502 g/mol. The molecule has 0 saturated heterocycles. The number of anilines is 1. The van der Waals surface area contributed by atoms with Gasteiger partial charge in [-0.3, -0.25) is 4.79 Å². The highest BCUT2D eigenvalue weighted by Gasteiger charge is 2.22. The molecule has 0 aliphatic heterocycles. The summed E-state index contributed by atoms with van der Waals surface area (Å²) in [6.45, 7) is 0. The van der Waals surface area contributed by atoms with Crippen molar-refractivity contribution in [2.45, 2.75) is 32.1 Å². The number of carbonyl (C=O) groups is 1. The van der Waals surface area contributed by atoms with Crippen molar-refractivity contribution in [1.82, 2.24) is 4.98 Å². The fourth-order valence-corrected chi connectivity index (χ4v) is 5.75. The van der Waals surface area contributed by atoms with E-state index in [4.69, 9.17) is 4.98 Å². The zero-order chi connectivity index (χ0) is 22.1. The van der Waals surface area contributed by atoms with Gasteiger partial charge in [0.25, 0.3) is 5.91 Å². The summed E-state index contributed by atoms with van der Waals surface area (Å²) in [6.07, 6.45) is 5.32. The van der Waals surface area contributed by atoms with Gasteiger partial charge in [-0.1, -0.05) is 52.7 Å². The highest BCUT2D eigenvalue weighted by atomic mass is 79.9. The Morgan fingerprint density at radius 1 is 1.06 bits per heavy atom. The Kier molecular flexibility index (Phi) is 5.77. The lowest BCUT2D eigenvalue weighted by Crippen LogP contribution is -2.13. The number of hydrogen-bond donors (Lipinski definition) is 1. The lowest BCUT2D eigenvalue weighted by Gasteiger charge is -2.10. The van der Waals surface area contributed by atoms with Crippen molar-refractivity contribution in [3.05, 3.63) is 80.6 Å². The van der Waals surface area contributed by atoms with Gasteiger partial charge in [0.1, 0.15) is 11.1 Å². The van der Waals surface area contributed by atoms with Crippen LogP contribution in [-0.2, 0) is 12.8 Å². The molecular formula is C26H20BrN3OS. The first-order valence-electron chi connectivity index (χ1n) is 10.7. The van der Waals surface area contributed by atoms with Crippen LogP contribution in [0.5, 0.6) is 0 Å². The highest BCUT2D eigenvalue weighted by Crippen LogP contribution is 2.37. The first kappa shape index (κ1) is 20.9. The van der Waals surface area contributed by atoms with Crippen molar-refractivity contribution in [2.75, 3.05) is 5.32 Å². The number of aryl methyl sites for hydroxylation is 1. The van der Waals surface area contributed by atoms with Crippen LogP contribution in [0.1, 0.15) is 45.6 Å². The van der Waals surface area contributed by atoms with Gasteiger partial charge in [0.05, 0.1) is 22.3 Å². The molecule has 1 N–H and O–H groups in total. The Morgan fingerprint density at radius 3 is 2.66 bits per heavy atom. The third kappa shape index (κ3) is 3.94. The number of amides is 1. The van der Waals surface area contributed by atoms with Gasteiger partial charge in [0.2, 0.25) is 0 Å². The van der Waals surface area contributed by atoms with Gasteiger partial charge in [-0.25, -0.2) is 4.98 Å². The number of rotatable bonds is 3. The summed E-state index contributed by atoms with van der Waals surface area (Å²) < 4.78 is 0.988. The van der Waals surface area contributed by atoms with Crippen LogP contribution >= 0.6 is 27.3 Å². The quantitative estimate of drug-likeness (QED) is 0.304. The zero-order valence-electron chi connectivity index (χ0n) is 17.3. The van der Waals surface area contributed by atoms with E-state index in [0.717, 1.165) is 57.9 Å². The Morgan fingerprint density at radius 2 is 1.84 bits per heavy atom. The van der Waals surface area contributed by atoms with Gasteiger partial charge < -0.3 is 5.32 Å². The molecule has 1 aliphatic carbocycles. The molecule has 2 aromatic heterocycles. The van der Waals surface area contributed by atoms with Crippen molar-refractivity contribution in [2.24, 2.45) is 0 Å². The summed E-state index contributed by atoms with van der Waals surface area (Å²) in [4.78, 5) is 19.5. The third-order valence-electron chi connectivity index (χ3n) is 5.86. The van der Waals surface area contributed by atoms with Crippen LogP contribution in [0.3, 0.4) is 0 Å². The SMILES string of the molecule is N#Cc1c(NC(=O)c2cc(-c3ccc(Br)cc3)nc3ccccc23)sc2c1CCCCC2. The zero-order valence-corrected chi connectivity index (χ0v) is 19.7. The van der Waals surface area contributed by atoms with E-state index < -0.39 is 0 Å². The summed E-state index contributed by atoms with van der Waals surface area (Å²) >= 11 is 5.02. The van der Waals surface area contributed by atoms with Crippen LogP contribution in [0.2, 0.25) is 0 Å². The second-order valence-electron chi connectivity index (χ2n) is 7.91. The molecule has 1 amide bonds. The monoisotopic (exact) mass is 501 g/mol. The average Bonchev–Trinajstić information content (AvgIpc) is 2.97. The van der Waals surface area contributed by atoms with Gasteiger partial charge in [-0.2, -0.15) is 5.26 Å². The first-order chi connectivity index (χ1) is 15.6. The Hall–Kier alpha value is -3.01. The number of aromatic nitrogens is 1. The summed E-state index contributed by atoms with van der Waals surface area (Å²) in [5, 5.41) is 14.3. The van der Waals surface area contributed by atoms with Crippen LogP contribution in [0.25, 0.3) is 22.2 Å². The fourth-order valence-electron chi connectivity index (χ4n) is 4.25. The maximum atomic E-state index is 13.5. The molecule has 0 radical (unpaired) electrons. The number of halogens is 1. The molecule has 6 heteroatoms. The minimum absolute atomic E-state index is 0.213. The molecule has 5 rings (SSSR count). The first-order valence-corrected chi connectivity index (χ1v) is 12.3. The normalized spacial score (nSPS) is 13.2. The largest absolute Gasteiger partial charge is 0.312 e. The number of pyridine rings is 1. The minimum atomic E-state index is -0.213. The number of hydrogen-bond acceptors (Lipinski definition) is 4.